The van der Waals surface area contributed by atoms with E-state index in [1.54, 1.807) is 19.2 Å². The largest absolute Gasteiger partial charge is 0.497 e. The molecule has 0 saturated carbocycles. The number of nitrogens with one attached hydrogen (secondary N) is 2. The first kappa shape index (κ1) is 21.9. The van der Waals surface area contributed by atoms with Gasteiger partial charge in [-0.2, -0.15) is 5.10 Å². The van der Waals surface area contributed by atoms with Crippen molar-refractivity contribution in [2.45, 2.75) is 6.54 Å². The van der Waals surface area contributed by atoms with E-state index in [-0.39, 0.29) is 35.2 Å². The number of hydrogen-bond acceptors (Lipinski definition) is 7. The number of ether oxygens (including phenoxy) is 3. The van der Waals surface area contributed by atoms with E-state index in [0.717, 1.165) is 11.3 Å². The fourth-order valence-corrected chi connectivity index (χ4v) is 2.91. The summed E-state index contributed by atoms with van der Waals surface area (Å²) in [6.07, 6.45) is 0. The number of amides is 2. The molecule has 0 fully saturated rings. The maximum atomic E-state index is 12.5. The molecule has 2 aromatic carbocycles. The summed E-state index contributed by atoms with van der Waals surface area (Å²) in [4.78, 5) is 27.8. The molecule has 0 spiro atoms. The van der Waals surface area contributed by atoms with Crippen LogP contribution >= 0.6 is 11.6 Å². The number of benzene rings is 2. The number of carbonyl (C=O) groups excluding carboxylic acids is 2. The second-order valence-corrected chi connectivity index (χ2v) is 6.67. The molecule has 2 amide bonds. The third-order valence-electron chi connectivity index (χ3n) is 4.15. The number of primary amides is 1. The Kier molecular flexibility index (Phi) is 6.93. The van der Waals surface area contributed by atoms with Gasteiger partial charge in [0.2, 0.25) is 0 Å². The van der Waals surface area contributed by atoms with Crippen LogP contribution in [0, 0.1) is 0 Å². The Morgan fingerprint density at radius 3 is 2.55 bits per heavy atom. The second kappa shape index (κ2) is 9.81. The Morgan fingerprint density at radius 1 is 1.16 bits per heavy atom. The minimum atomic E-state index is -0.666. The minimum Gasteiger partial charge on any atom is -0.497 e. The number of rotatable bonds is 9. The Labute approximate surface area is 182 Å². The summed E-state index contributed by atoms with van der Waals surface area (Å²) in [5.74, 6) is 0.933. The molecule has 31 heavy (non-hydrogen) atoms. The highest BCUT2D eigenvalue weighted by atomic mass is 35.5. The number of nitrogens with zero attached hydrogens (tertiary/aromatic N) is 2. The molecule has 0 aliphatic heterocycles. The molecular formula is C20H20ClN5O5. The highest BCUT2D eigenvalue weighted by Crippen LogP contribution is 2.36. The molecule has 10 nitrogen and oxygen atoms in total. The lowest BCUT2D eigenvalue weighted by molar-refractivity contribution is -0.119. The summed E-state index contributed by atoms with van der Waals surface area (Å²) in [6.45, 7) is -0.258. The maximum Gasteiger partial charge on any atom is 0.255 e. The molecule has 0 radical (unpaired) electrons. The standard InChI is InChI=1S/C20H20ClN5O5/c1-29-13-5-3-11(4-6-13)19-24-17(25-26-19)9-23-20(28)12-7-14(21)18(15(8-12)30-2)31-10-16(22)27/h3-8H,9-10H2,1-2H3,(H2,22,27)(H,23,28)(H,24,25,26). The first-order chi connectivity index (χ1) is 14.9. The molecule has 162 valence electrons. The molecule has 11 heteroatoms. The molecule has 3 aromatic rings. The van der Waals surface area contributed by atoms with E-state index < -0.39 is 11.8 Å². The predicted octanol–water partition coefficient (Wildman–Crippen LogP) is 1.94. The molecule has 1 heterocycles. The van der Waals surface area contributed by atoms with Crippen LogP contribution < -0.4 is 25.3 Å². The number of carbonyl (C=O) groups is 2. The number of H-pyrrole nitrogens is 1. The van der Waals surface area contributed by atoms with Gasteiger partial charge in [0.05, 0.1) is 25.8 Å². The Morgan fingerprint density at radius 2 is 1.90 bits per heavy atom. The third-order valence-corrected chi connectivity index (χ3v) is 4.43. The molecule has 0 bridgehead atoms. The summed E-state index contributed by atoms with van der Waals surface area (Å²) in [7, 11) is 2.98. The predicted molar refractivity (Wildman–Crippen MR) is 112 cm³/mol. The monoisotopic (exact) mass is 445 g/mol. The smallest absolute Gasteiger partial charge is 0.255 e. The Balaban J connectivity index is 1.67. The summed E-state index contributed by atoms with van der Waals surface area (Å²) in [5, 5.41) is 9.77. The van der Waals surface area contributed by atoms with Gasteiger partial charge in [0.1, 0.15) is 11.6 Å². The van der Waals surface area contributed by atoms with Crippen molar-refractivity contribution in [2.75, 3.05) is 20.8 Å². The third kappa shape index (κ3) is 5.43. The van der Waals surface area contributed by atoms with Crippen LogP contribution in [0.4, 0.5) is 0 Å². The van der Waals surface area contributed by atoms with Crippen molar-refractivity contribution in [1.82, 2.24) is 20.5 Å². The van der Waals surface area contributed by atoms with Crippen LogP contribution in [0.2, 0.25) is 5.02 Å². The lowest BCUT2D eigenvalue weighted by Gasteiger charge is -2.13. The maximum absolute atomic E-state index is 12.5. The van der Waals surface area contributed by atoms with Gasteiger partial charge in [-0.1, -0.05) is 11.6 Å². The lowest BCUT2D eigenvalue weighted by atomic mass is 10.2. The van der Waals surface area contributed by atoms with Gasteiger partial charge in [-0.15, -0.1) is 0 Å². The number of methoxy groups -OCH3 is 2. The van der Waals surface area contributed by atoms with Crippen molar-refractivity contribution in [3.8, 4) is 28.6 Å². The highest BCUT2D eigenvalue weighted by Gasteiger charge is 2.17. The van der Waals surface area contributed by atoms with Gasteiger partial charge in [-0.3, -0.25) is 14.7 Å². The zero-order chi connectivity index (χ0) is 22.4. The van der Waals surface area contributed by atoms with E-state index in [1.165, 1.54) is 19.2 Å². The molecule has 0 aliphatic carbocycles. The normalized spacial score (nSPS) is 10.4. The number of halogens is 1. The molecule has 0 atom stereocenters. The van der Waals surface area contributed by atoms with Crippen molar-refractivity contribution in [2.24, 2.45) is 5.73 Å². The molecular weight excluding hydrogens is 426 g/mol. The summed E-state index contributed by atoms with van der Waals surface area (Å²) < 4.78 is 15.6. The molecule has 3 rings (SSSR count). The lowest BCUT2D eigenvalue weighted by Crippen LogP contribution is -2.24. The molecule has 4 N–H and O–H groups in total. The van der Waals surface area contributed by atoms with Crippen LogP contribution in [0.15, 0.2) is 36.4 Å². The SMILES string of the molecule is COc1ccc(-c2n[nH]c(CNC(=O)c3cc(Cl)c(OCC(N)=O)c(OC)c3)n2)cc1. The van der Waals surface area contributed by atoms with E-state index in [9.17, 15) is 9.59 Å². The average molecular weight is 446 g/mol. The van der Waals surface area contributed by atoms with Crippen LogP contribution in [0.1, 0.15) is 16.2 Å². The number of aromatic amines is 1. The van der Waals surface area contributed by atoms with E-state index in [0.29, 0.717) is 11.6 Å². The van der Waals surface area contributed by atoms with Crippen molar-refractivity contribution in [3.63, 3.8) is 0 Å². The fraction of sp³-hybridized carbons (Fsp3) is 0.200. The topological polar surface area (TPSA) is 141 Å². The quantitative estimate of drug-likeness (QED) is 0.457. The van der Waals surface area contributed by atoms with Crippen LogP contribution in [0.5, 0.6) is 17.2 Å². The van der Waals surface area contributed by atoms with Crippen molar-refractivity contribution >= 4 is 23.4 Å². The van der Waals surface area contributed by atoms with Crippen molar-refractivity contribution in [1.29, 1.82) is 0 Å². The van der Waals surface area contributed by atoms with Gasteiger partial charge in [0, 0.05) is 11.1 Å². The Bertz CT molecular complexity index is 1080. The van der Waals surface area contributed by atoms with Crippen LogP contribution in [0.3, 0.4) is 0 Å². The van der Waals surface area contributed by atoms with Gasteiger partial charge in [-0.05, 0) is 36.4 Å². The first-order valence-corrected chi connectivity index (χ1v) is 9.41. The average Bonchev–Trinajstić information content (AvgIpc) is 3.25. The van der Waals surface area contributed by atoms with Gasteiger partial charge in [0.15, 0.2) is 23.9 Å². The van der Waals surface area contributed by atoms with E-state index in [1.807, 2.05) is 12.1 Å². The highest BCUT2D eigenvalue weighted by molar-refractivity contribution is 6.32. The number of hydrogen-bond donors (Lipinski definition) is 3. The van der Waals surface area contributed by atoms with Crippen LogP contribution in [-0.2, 0) is 11.3 Å². The van der Waals surface area contributed by atoms with Gasteiger partial charge in [-0.25, -0.2) is 4.98 Å². The molecule has 0 aliphatic rings. The van der Waals surface area contributed by atoms with E-state index >= 15 is 0 Å². The van der Waals surface area contributed by atoms with Gasteiger partial charge in [0.25, 0.3) is 11.8 Å². The van der Waals surface area contributed by atoms with Gasteiger partial charge >= 0.3 is 0 Å². The minimum absolute atomic E-state index is 0.104. The molecule has 0 unspecified atom stereocenters. The zero-order valence-electron chi connectivity index (χ0n) is 16.8. The molecule has 0 saturated heterocycles. The summed E-state index contributed by atoms with van der Waals surface area (Å²) in [5.41, 5.74) is 6.12. The van der Waals surface area contributed by atoms with E-state index in [4.69, 9.17) is 31.5 Å². The Hall–Kier alpha value is -3.79. The fourth-order valence-electron chi connectivity index (χ4n) is 2.64. The number of nitrogens with two attached hydrogens (primary N) is 1. The van der Waals surface area contributed by atoms with Crippen LogP contribution in [-0.4, -0.2) is 47.8 Å². The van der Waals surface area contributed by atoms with Crippen LogP contribution in [0.25, 0.3) is 11.4 Å². The second-order valence-electron chi connectivity index (χ2n) is 6.26. The number of aromatic nitrogens is 3. The van der Waals surface area contributed by atoms with Crippen molar-refractivity contribution in [3.05, 3.63) is 52.8 Å². The van der Waals surface area contributed by atoms with Crippen molar-refractivity contribution < 1.29 is 23.8 Å². The summed E-state index contributed by atoms with van der Waals surface area (Å²) in [6, 6.07) is 10.1. The zero-order valence-corrected chi connectivity index (χ0v) is 17.5. The first-order valence-electron chi connectivity index (χ1n) is 9.03. The van der Waals surface area contributed by atoms with E-state index in [2.05, 4.69) is 20.5 Å². The molecule has 1 aromatic heterocycles. The van der Waals surface area contributed by atoms with Gasteiger partial charge < -0.3 is 25.3 Å². The summed E-state index contributed by atoms with van der Waals surface area (Å²) >= 11 is 6.18.